The summed E-state index contributed by atoms with van der Waals surface area (Å²) in [6.45, 7) is 8.49. The lowest BCUT2D eigenvalue weighted by atomic mass is 9.60. The molecule has 4 heteroatoms. The average molecular weight is 330 g/mol. The van der Waals surface area contributed by atoms with Crippen LogP contribution in [0.15, 0.2) is 24.3 Å². The second-order valence-electron chi connectivity index (χ2n) is 7.52. The summed E-state index contributed by atoms with van der Waals surface area (Å²) in [5.41, 5.74) is 0.468. The van der Waals surface area contributed by atoms with Gasteiger partial charge in [0.25, 0.3) is 0 Å². The van der Waals surface area contributed by atoms with Gasteiger partial charge in [0.05, 0.1) is 17.4 Å². The van der Waals surface area contributed by atoms with Gasteiger partial charge in [-0.2, -0.15) is 0 Å². The van der Waals surface area contributed by atoms with Crippen molar-refractivity contribution in [3.05, 3.63) is 35.4 Å². The van der Waals surface area contributed by atoms with Gasteiger partial charge in [-0.15, -0.1) is 0 Å². The predicted octanol–water partition coefficient (Wildman–Crippen LogP) is 3.03. The Morgan fingerprint density at radius 3 is 2.08 bits per heavy atom. The van der Waals surface area contributed by atoms with Gasteiger partial charge in [-0.1, -0.05) is 38.1 Å². The molecule has 0 bridgehead atoms. The van der Waals surface area contributed by atoms with Gasteiger partial charge in [-0.3, -0.25) is 14.4 Å². The summed E-state index contributed by atoms with van der Waals surface area (Å²) in [5, 5.41) is 10.7. The van der Waals surface area contributed by atoms with E-state index in [4.69, 9.17) is 0 Å². The minimum atomic E-state index is -1.43. The van der Waals surface area contributed by atoms with Crippen LogP contribution in [0.4, 0.5) is 0 Å². The Hall–Kier alpha value is -1.81. The molecule has 0 saturated heterocycles. The van der Waals surface area contributed by atoms with Gasteiger partial charge in [-0.05, 0) is 37.8 Å². The maximum absolute atomic E-state index is 12.5. The van der Waals surface area contributed by atoms with Crippen molar-refractivity contribution in [1.29, 1.82) is 0 Å². The molecule has 1 aromatic rings. The molecule has 1 aliphatic rings. The summed E-state index contributed by atoms with van der Waals surface area (Å²) >= 11 is 0. The number of ketones is 3. The van der Waals surface area contributed by atoms with Gasteiger partial charge in [0, 0.05) is 12.3 Å². The first-order valence-electron chi connectivity index (χ1n) is 8.42. The van der Waals surface area contributed by atoms with Crippen LogP contribution in [0.3, 0.4) is 0 Å². The Bertz CT molecular complexity index is 655. The largest absolute Gasteiger partial charge is 0.389 e. The second kappa shape index (κ2) is 6.60. The molecular formula is C20H26O4. The molecule has 1 aliphatic carbocycles. The van der Waals surface area contributed by atoms with E-state index in [0.29, 0.717) is 5.92 Å². The van der Waals surface area contributed by atoms with Gasteiger partial charge in [0.1, 0.15) is 17.3 Å². The molecular weight excluding hydrogens is 304 g/mol. The monoisotopic (exact) mass is 330 g/mol. The van der Waals surface area contributed by atoms with Gasteiger partial charge in [-0.25, -0.2) is 0 Å². The van der Waals surface area contributed by atoms with Crippen molar-refractivity contribution in [2.45, 2.75) is 58.5 Å². The van der Waals surface area contributed by atoms with E-state index in [-0.39, 0.29) is 23.8 Å². The molecule has 4 atom stereocenters. The molecule has 0 amide bonds. The fraction of sp³-hybridized carbons (Fsp3) is 0.550. The van der Waals surface area contributed by atoms with Gasteiger partial charge >= 0.3 is 0 Å². The topological polar surface area (TPSA) is 71.4 Å². The zero-order chi connectivity index (χ0) is 18.2. The molecule has 0 heterocycles. The van der Waals surface area contributed by atoms with Crippen LogP contribution in [0.2, 0.25) is 0 Å². The molecule has 1 saturated carbocycles. The first-order chi connectivity index (χ1) is 11.1. The van der Waals surface area contributed by atoms with Crippen LogP contribution in [0, 0.1) is 11.8 Å². The summed E-state index contributed by atoms with van der Waals surface area (Å²) in [6, 6.07) is 7.67. The van der Waals surface area contributed by atoms with Crippen molar-refractivity contribution >= 4 is 17.3 Å². The lowest BCUT2D eigenvalue weighted by Crippen LogP contribution is -2.53. The van der Waals surface area contributed by atoms with E-state index in [2.05, 4.69) is 13.8 Å². The van der Waals surface area contributed by atoms with Crippen molar-refractivity contribution in [1.82, 2.24) is 0 Å². The van der Waals surface area contributed by atoms with Gasteiger partial charge in [0.15, 0.2) is 0 Å². The fourth-order valence-corrected chi connectivity index (χ4v) is 4.01. The lowest BCUT2D eigenvalue weighted by molar-refractivity contribution is -0.151. The third-order valence-corrected chi connectivity index (χ3v) is 5.13. The predicted molar refractivity (Wildman–Crippen MR) is 91.9 cm³/mol. The highest BCUT2D eigenvalue weighted by Crippen LogP contribution is 2.46. The maximum Gasteiger partial charge on any atom is 0.146 e. The van der Waals surface area contributed by atoms with E-state index in [9.17, 15) is 19.5 Å². The molecule has 1 fully saturated rings. The lowest BCUT2D eigenvalue weighted by Gasteiger charge is -2.44. The van der Waals surface area contributed by atoms with Crippen molar-refractivity contribution in [2.24, 2.45) is 11.8 Å². The summed E-state index contributed by atoms with van der Waals surface area (Å²) in [5.74, 6) is -2.63. The van der Waals surface area contributed by atoms with E-state index in [0.717, 1.165) is 11.1 Å². The standard InChI is InChI=1S/C20H26O4/c1-11(2)14-6-8-15(9-7-14)18-17(12(3)21)16(23)10-20(5,24)19(18)13(4)22/h6-9,11,17-19,24H,10H2,1-5H3/t17-,18+,19-,20-/m1/s1. The van der Waals surface area contributed by atoms with E-state index in [1.807, 2.05) is 24.3 Å². The van der Waals surface area contributed by atoms with Crippen LogP contribution in [-0.4, -0.2) is 28.1 Å². The quantitative estimate of drug-likeness (QED) is 0.861. The molecule has 0 radical (unpaired) electrons. The van der Waals surface area contributed by atoms with Crippen molar-refractivity contribution in [3.8, 4) is 0 Å². The number of aliphatic hydroxyl groups is 1. The van der Waals surface area contributed by atoms with Gasteiger partial charge < -0.3 is 5.11 Å². The van der Waals surface area contributed by atoms with Crippen LogP contribution >= 0.6 is 0 Å². The Labute approximate surface area is 143 Å². The zero-order valence-corrected chi connectivity index (χ0v) is 15.0. The maximum atomic E-state index is 12.5. The van der Waals surface area contributed by atoms with E-state index in [1.54, 1.807) is 0 Å². The molecule has 2 rings (SSSR count). The minimum Gasteiger partial charge on any atom is -0.389 e. The second-order valence-corrected chi connectivity index (χ2v) is 7.52. The van der Waals surface area contributed by atoms with Gasteiger partial charge in [0.2, 0.25) is 0 Å². The van der Waals surface area contributed by atoms with Crippen LogP contribution in [0.5, 0.6) is 0 Å². The number of rotatable bonds is 4. The Balaban J connectivity index is 2.58. The highest BCUT2D eigenvalue weighted by molar-refractivity contribution is 6.05. The van der Waals surface area contributed by atoms with Crippen LogP contribution in [0.25, 0.3) is 0 Å². The zero-order valence-electron chi connectivity index (χ0n) is 15.0. The minimum absolute atomic E-state index is 0.165. The number of carbonyl (C=O) groups is 3. The van der Waals surface area contributed by atoms with E-state index < -0.39 is 23.4 Å². The summed E-state index contributed by atoms with van der Waals surface area (Å²) in [7, 11) is 0. The fourth-order valence-electron chi connectivity index (χ4n) is 4.01. The number of hydrogen-bond acceptors (Lipinski definition) is 4. The van der Waals surface area contributed by atoms with E-state index in [1.165, 1.54) is 20.8 Å². The van der Waals surface area contributed by atoms with Crippen LogP contribution in [0.1, 0.15) is 64.0 Å². The SMILES string of the molecule is CC(=O)[C@@H]1C(=O)C[C@@](C)(O)[C@H](C(C)=O)[C@H]1c1ccc(C(C)C)cc1. The first kappa shape index (κ1) is 18.5. The van der Waals surface area contributed by atoms with Crippen LogP contribution in [-0.2, 0) is 14.4 Å². The van der Waals surface area contributed by atoms with E-state index >= 15 is 0 Å². The normalized spacial score (nSPS) is 30.5. The summed E-state index contributed by atoms with van der Waals surface area (Å²) in [6.07, 6.45) is -0.165. The highest BCUT2D eigenvalue weighted by atomic mass is 16.3. The molecule has 4 nitrogen and oxygen atoms in total. The first-order valence-corrected chi connectivity index (χ1v) is 8.42. The number of hydrogen-bond donors (Lipinski definition) is 1. The molecule has 130 valence electrons. The molecule has 1 N–H and O–H groups in total. The smallest absolute Gasteiger partial charge is 0.146 e. The molecule has 0 aromatic heterocycles. The average Bonchev–Trinajstić information content (AvgIpc) is 2.44. The number of benzene rings is 1. The molecule has 24 heavy (non-hydrogen) atoms. The number of carbonyl (C=O) groups excluding carboxylic acids is 3. The third kappa shape index (κ3) is 3.34. The van der Waals surface area contributed by atoms with Crippen molar-refractivity contribution < 1.29 is 19.5 Å². The summed E-state index contributed by atoms with van der Waals surface area (Å²) in [4.78, 5) is 36.9. The molecule has 0 aliphatic heterocycles. The Morgan fingerprint density at radius 1 is 1.12 bits per heavy atom. The third-order valence-electron chi connectivity index (χ3n) is 5.13. The Kier molecular flexibility index (Phi) is 5.09. The molecule has 0 spiro atoms. The molecule has 1 aromatic carbocycles. The Morgan fingerprint density at radius 2 is 1.67 bits per heavy atom. The van der Waals surface area contributed by atoms with Crippen molar-refractivity contribution in [2.75, 3.05) is 0 Å². The summed E-state index contributed by atoms with van der Waals surface area (Å²) < 4.78 is 0. The van der Waals surface area contributed by atoms with Crippen molar-refractivity contribution in [3.63, 3.8) is 0 Å². The van der Waals surface area contributed by atoms with Crippen LogP contribution < -0.4 is 0 Å². The molecule has 0 unspecified atom stereocenters. The number of Topliss-reactive ketones (excluding diaryl/α,β-unsaturated/α-hetero) is 3. The highest BCUT2D eigenvalue weighted by Gasteiger charge is 2.53.